The van der Waals surface area contributed by atoms with Gasteiger partial charge in [-0.1, -0.05) is 11.2 Å². The number of nitrogens with zero attached hydrogens (tertiary/aromatic N) is 1. The number of ether oxygens (including phenoxy) is 1. The molecule has 0 saturated heterocycles. The predicted molar refractivity (Wildman–Crippen MR) is 69.2 cm³/mol. The Labute approximate surface area is 113 Å². The molecule has 0 aliphatic rings. The molecule has 0 saturated carbocycles. The molecule has 1 N–H and O–H groups in total. The molecule has 0 fully saturated rings. The lowest BCUT2D eigenvalue weighted by Crippen LogP contribution is -2.09. The summed E-state index contributed by atoms with van der Waals surface area (Å²) in [6, 6.07) is 5.21. The average molecular weight is 293 g/mol. The van der Waals surface area contributed by atoms with Crippen LogP contribution in [0.2, 0.25) is 0 Å². The Morgan fingerprint density at radius 1 is 1.42 bits per heavy atom. The lowest BCUT2D eigenvalue weighted by atomic mass is 10.1. The van der Waals surface area contributed by atoms with Gasteiger partial charge >= 0.3 is 5.51 Å². The van der Waals surface area contributed by atoms with Crippen LogP contribution in [0.15, 0.2) is 23.4 Å². The number of rotatable bonds is 5. The largest absolute Gasteiger partial charge is 0.492 e. The third-order valence-electron chi connectivity index (χ3n) is 2.28. The summed E-state index contributed by atoms with van der Waals surface area (Å²) in [6.45, 7) is 3.36. The molecule has 1 aromatic rings. The van der Waals surface area contributed by atoms with Gasteiger partial charge < -0.3 is 9.94 Å². The van der Waals surface area contributed by atoms with E-state index < -0.39 is 5.51 Å². The maximum Gasteiger partial charge on any atom is 0.441 e. The van der Waals surface area contributed by atoms with E-state index in [2.05, 4.69) is 5.16 Å². The highest BCUT2D eigenvalue weighted by Gasteiger charge is 2.27. The van der Waals surface area contributed by atoms with E-state index in [1.54, 1.807) is 25.1 Å². The second-order valence-corrected chi connectivity index (χ2v) is 4.99. The van der Waals surface area contributed by atoms with Gasteiger partial charge in [-0.25, -0.2) is 0 Å². The summed E-state index contributed by atoms with van der Waals surface area (Å²) < 4.78 is 41.2. The highest BCUT2D eigenvalue weighted by Crippen LogP contribution is 2.30. The first kappa shape index (κ1) is 15.7. The SMILES string of the molecule is C/C(=N/O)c1ccc(C)cc1OCCSC(F)(F)F. The number of thioether (sulfide) groups is 1. The van der Waals surface area contributed by atoms with Crippen molar-refractivity contribution in [3.63, 3.8) is 0 Å². The van der Waals surface area contributed by atoms with Gasteiger partial charge in [0.25, 0.3) is 0 Å². The summed E-state index contributed by atoms with van der Waals surface area (Å²) in [5.74, 6) is 0.227. The molecule has 0 aliphatic carbocycles. The third-order valence-corrected chi connectivity index (χ3v) is 2.98. The van der Waals surface area contributed by atoms with Crippen molar-refractivity contribution in [2.75, 3.05) is 12.4 Å². The van der Waals surface area contributed by atoms with Crippen LogP contribution in [0.5, 0.6) is 5.75 Å². The molecule has 0 aromatic heterocycles. The van der Waals surface area contributed by atoms with Gasteiger partial charge in [0.1, 0.15) is 5.75 Å². The molecular weight excluding hydrogens is 279 g/mol. The highest BCUT2D eigenvalue weighted by atomic mass is 32.2. The summed E-state index contributed by atoms with van der Waals surface area (Å²) in [4.78, 5) is 0. The molecule has 0 aliphatic heterocycles. The predicted octanol–water partition coefficient (Wildman–Crippen LogP) is 3.83. The van der Waals surface area contributed by atoms with Crippen molar-refractivity contribution < 1.29 is 23.1 Å². The van der Waals surface area contributed by atoms with Crippen molar-refractivity contribution in [2.45, 2.75) is 19.4 Å². The van der Waals surface area contributed by atoms with E-state index in [1.165, 1.54) is 0 Å². The topological polar surface area (TPSA) is 41.8 Å². The molecule has 1 aromatic carbocycles. The first-order valence-electron chi connectivity index (χ1n) is 5.46. The Kier molecular flexibility index (Phi) is 5.53. The minimum atomic E-state index is -4.25. The second kappa shape index (κ2) is 6.70. The normalized spacial score (nSPS) is 12.6. The third kappa shape index (κ3) is 5.42. The zero-order chi connectivity index (χ0) is 14.5. The molecule has 0 unspecified atom stereocenters. The molecule has 0 heterocycles. The van der Waals surface area contributed by atoms with Gasteiger partial charge in [0.05, 0.1) is 12.3 Å². The highest BCUT2D eigenvalue weighted by molar-refractivity contribution is 8.00. The standard InChI is InChI=1S/C12H14F3NO2S/c1-8-3-4-10(9(2)16-17)11(7-8)18-5-6-19-12(13,14)15/h3-4,7,17H,5-6H2,1-2H3/b16-9-. The molecule has 0 radical (unpaired) electrons. The van der Waals surface area contributed by atoms with Crippen LogP contribution in [-0.4, -0.2) is 28.8 Å². The monoisotopic (exact) mass is 293 g/mol. The Balaban J connectivity index is 2.69. The summed E-state index contributed by atoms with van der Waals surface area (Å²) in [7, 11) is 0. The van der Waals surface area contributed by atoms with E-state index in [4.69, 9.17) is 9.94 Å². The fourth-order valence-corrected chi connectivity index (χ4v) is 1.81. The first-order chi connectivity index (χ1) is 8.83. The maximum absolute atomic E-state index is 12.0. The van der Waals surface area contributed by atoms with Crippen LogP contribution in [0.25, 0.3) is 0 Å². The first-order valence-corrected chi connectivity index (χ1v) is 6.45. The summed E-state index contributed by atoms with van der Waals surface area (Å²) in [5.41, 5.74) is -2.43. The van der Waals surface area contributed by atoms with E-state index in [0.717, 1.165) is 5.56 Å². The van der Waals surface area contributed by atoms with E-state index >= 15 is 0 Å². The Morgan fingerprint density at radius 3 is 2.68 bits per heavy atom. The zero-order valence-corrected chi connectivity index (χ0v) is 11.3. The molecular formula is C12H14F3NO2S. The van der Waals surface area contributed by atoms with Crippen molar-refractivity contribution in [2.24, 2.45) is 5.16 Å². The number of halogens is 3. The Morgan fingerprint density at radius 2 is 2.11 bits per heavy atom. The van der Waals surface area contributed by atoms with Gasteiger partial charge in [-0.15, -0.1) is 0 Å². The van der Waals surface area contributed by atoms with Gasteiger partial charge in [0, 0.05) is 11.3 Å². The summed E-state index contributed by atoms with van der Waals surface area (Å²) in [5, 5.41) is 11.8. The second-order valence-electron chi connectivity index (χ2n) is 3.83. The van der Waals surface area contributed by atoms with Crippen LogP contribution in [0, 0.1) is 6.92 Å². The van der Waals surface area contributed by atoms with Gasteiger partial charge in [-0.2, -0.15) is 13.2 Å². The van der Waals surface area contributed by atoms with E-state index in [0.29, 0.717) is 17.0 Å². The number of aryl methyl sites for hydroxylation is 1. The van der Waals surface area contributed by atoms with E-state index in [9.17, 15) is 13.2 Å². The van der Waals surface area contributed by atoms with Crippen LogP contribution in [0.4, 0.5) is 13.2 Å². The zero-order valence-electron chi connectivity index (χ0n) is 10.5. The molecule has 106 valence electrons. The number of oxime groups is 1. The van der Waals surface area contributed by atoms with Crippen molar-refractivity contribution >= 4 is 17.5 Å². The number of hydrogen-bond donors (Lipinski definition) is 1. The van der Waals surface area contributed by atoms with Crippen molar-refractivity contribution in [3.8, 4) is 5.75 Å². The Bertz CT molecular complexity index is 461. The fraction of sp³-hybridized carbons (Fsp3) is 0.417. The van der Waals surface area contributed by atoms with Crippen molar-refractivity contribution in [1.82, 2.24) is 0 Å². The molecule has 0 amide bonds. The van der Waals surface area contributed by atoms with Crippen LogP contribution >= 0.6 is 11.8 Å². The molecule has 7 heteroatoms. The lowest BCUT2D eigenvalue weighted by molar-refractivity contribution is -0.0329. The van der Waals surface area contributed by atoms with E-state index in [-0.39, 0.29) is 24.1 Å². The van der Waals surface area contributed by atoms with Crippen LogP contribution in [0.1, 0.15) is 18.1 Å². The average Bonchev–Trinajstić information content (AvgIpc) is 2.33. The minimum Gasteiger partial charge on any atom is -0.492 e. The molecule has 3 nitrogen and oxygen atoms in total. The summed E-state index contributed by atoms with van der Waals surface area (Å²) >= 11 is -0.128. The van der Waals surface area contributed by atoms with E-state index in [1.807, 2.05) is 6.92 Å². The molecule has 1 rings (SSSR count). The number of alkyl halides is 3. The van der Waals surface area contributed by atoms with Crippen LogP contribution < -0.4 is 4.74 Å². The van der Waals surface area contributed by atoms with Crippen LogP contribution in [0.3, 0.4) is 0 Å². The van der Waals surface area contributed by atoms with Crippen molar-refractivity contribution in [3.05, 3.63) is 29.3 Å². The van der Waals surface area contributed by atoms with Crippen LogP contribution in [-0.2, 0) is 0 Å². The van der Waals surface area contributed by atoms with Gasteiger partial charge in [0.2, 0.25) is 0 Å². The minimum absolute atomic E-state index is 0.0701. The number of benzene rings is 1. The summed E-state index contributed by atoms with van der Waals surface area (Å²) in [6.07, 6.45) is 0. The quantitative estimate of drug-likeness (QED) is 0.388. The molecule has 0 atom stereocenters. The Hall–Kier alpha value is -1.37. The fourth-order valence-electron chi connectivity index (χ4n) is 1.41. The molecule has 0 bridgehead atoms. The van der Waals surface area contributed by atoms with Gasteiger partial charge in [0.15, 0.2) is 0 Å². The van der Waals surface area contributed by atoms with Gasteiger partial charge in [-0.05, 0) is 43.3 Å². The smallest absolute Gasteiger partial charge is 0.441 e. The molecule has 19 heavy (non-hydrogen) atoms. The number of hydrogen-bond acceptors (Lipinski definition) is 4. The lowest BCUT2D eigenvalue weighted by Gasteiger charge is -2.12. The maximum atomic E-state index is 12.0. The van der Waals surface area contributed by atoms with Gasteiger partial charge in [-0.3, -0.25) is 0 Å². The van der Waals surface area contributed by atoms with Crippen molar-refractivity contribution in [1.29, 1.82) is 0 Å². The molecule has 0 spiro atoms.